The SMILES string of the molecule is CC1(C)CN(c2cccc(F)c2)CC2(CCCCC2)N1. The fraction of sp³-hybridized carbons (Fsp3) is 0.647. The third kappa shape index (κ3) is 2.83. The summed E-state index contributed by atoms with van der Waals surface area (Å²) in [4.78, 5) is 2.37. The number of hydrogen-bond donors (Lipinski definition) is 1. The van der Waals surface area contributed by atoms with Crippen LogP contribution in [0.4, 0.5) is 10.1 Å². The molecule has 20 heavy (non-hydrogen) atoms. The average Bonchev–Trinajstić information content (AvgIpc) is 2.37. The highest BCUT2D eigenvalue weighted by Crippen LogP contribution is 2.36. The average molecular weight is 276 g/mol. The molecule has 0 aromatic heterocycles. The van der Waals surface area contributed by atoms with Gasteiger partial charge in [-0.15, -0.1) is 0 Å². The molecule has 2 nitrogen and oxygen atoms in total. The molecule has 3 heteroatoms. The zero-order valence-electron chi connectivity index (χ0n) is 12.6. The zero-order valence-corrected chi connectivity index (χ0v) is 12.6. The minimum Gasteiger partial charge on any atom is -0.368 e. The van der Waals surface area contributed by atoms with E-state index in [9.17, 15) is 4.39 Å². The Balaban J connectivity index is 1.87. The predicted molar refractivity (Wildman–Crippen MR) is 81.6 cm³/mol. The summed E-state index contributed by atoms with van der Waals surface area (Å²) < 4.78 is 13.5. The van der Waals surface area contributed by atoms with Crippen LogP contribution in [0.3, 0.4) is 0 Å². The van der Waals surface area contributed by atoms with Crippen LogP contribution in [0.25, 0.3) is 0 Å². The van der Waals surface area contributed by atoms with Crippen LogP contribution in [0.2, 0.25) is 0 Å². The molecule has 1 heterocycles. The molecule has 1 aliphatic carbocycles. The molecule has 2 aliphatic rings. The second-order valence-corrected chi connectivity index (χ2v) is 7.19. The van der Waals surface area contributed by atoms with Crippen LogP contribution in [-0.2, 0) is 0 Å². The van der Waals surface area contributed by atoms with Crippen molar-refractivity contribution in [3.05, 3.63) is 30.1 Å². The first-order valence-corrected chi connectivity index (χ1v) is 7.78. The number of nitrogens with zero attached hydrogens (tertiary/aromatic N) is 1. The molecule has 2 fully saturated rings. The van der Waals surface area contributed by atoms with E-state index >= 15 is 0 Å². The van der Waals surface area contributed by atoms with Crippen LogP contribution < -0.4 is 10.2 Å². The lowest BCUT2D eigenvalue weighted by molar-refractivity contribution is 0.146. The van der Waals surface area contributed by atoms with Gasteiger partial charge in [0.25, 0.3) is 0 Å². The lowest BCUT2D eigenvalue weighted by atomic mass is 9.77. The van der Waals surface area contributed by atoms with Gasteiger partial charge in [-0.05, 0) is 44.9 Å². The minimum absolute atomic E-state index is 0.0713. The molecule has 1 N–H and O–H groups in total. The Morgan fingerprint density at radius 3 is 2.55 bits per heavy atom. The molecule has 0 bridgehead atoms. The standard InChI is InChI=1S/C17H25FN2/c1-16(2)12-20(15-8-6-7-14(18)11-15)13-17(19-16)9-4-3-5-10-17/h6-8,11,19H,3-5,9-10,12-13H2,1-2H3. The monoisotopic (exact) mass is 276 g/mol. The summed E-state index contributed by atoms with van der Waals surface area (Å²) in [5, 5.41) is 3.89. The van der Waals surface area contributed by atoms with Gasteiger partial charge in [0.05, 0.1) is 0 Å². The van der Waals surface area contributed by atoms with Crippen molar-refractivity contribution in [2.45, 2.75) is 57.0 Å². The molecule has 1 aromatic rings. The Hall–Kier alpha value is -1.09. The Morgan fingerprint density at radius 2 is 1.85 bits per heavy atom. The lowest BCUT2D eigenvalue weighted by Gasteiger charge is -2.53. The molecule has 0 amide bonds. The zero-order chi connectivity index (χ0) is 14.2. The number of hydrogen-bond acceptors (Lipinski definition) is 2. The number of anilines is 1. The van der Waals surface area contributed by atoms with Crippen molar-refractivity contribution in [3.8, 4) is 0 Å². The van der Waals surface area contributed by atoms with Gasteiger partial charge >= 0.3 is 0 Å². The normalized spacial score (nSPS) is 24.9. The van der Waals surface area contributed by atoms with Crippen LogP contribution >= 0.6 is 0 Å². The summed E-state index contributed by atoms with van der Waals surface area (Å²) in [6.45, 7) is 6.45. The van der Waals surface area contributed by atoms with Crippen LogP contribution in [0.5, 0.6) is 0 Å². The van der Waals surface area contributed by atoms with Crippen molar-refractivity contribution < 1.29 is 4.39 Å². The van der Waals surface area contributed by atoms with Crippen molar-refractivity contribution >= 4 is 5.69 Å². The lowest BCUT2D eigenvalue weighted by Crippen LogP contribution is -2.69. The molecule has 0 radical (unpaired) electrons. The largest absolute Gasteiger partial charge is 0.368 e. The maximum absolute atomic E-state index is 13.5. The second-order valence-electron chi connectivity index (χ2n) is 7.19. The highest BCUT2D eigenvalue weighted by molar-refractivity contribution is 5.48. The van der Waals surface area contributed by atoms with E-state index in [4.69, 9.17) is 0 Å². The minimum atomic E-state index is -0.142. The Morgan fingerprint density at radius 1 is 1.10 bits per heavy atom. The highest BCUT2D eigenvalue weighted by atomic mass is 19.1. The molecule has 0 unspecified atom stereocenters. The van der Waals surface area contributed by atoms with E-state index in [1.165, 1.54) is 38.2 Å². The van der Waals surface area contributed by atoms with E-state index in [1.54, 1.807) is 6.07 Å². The summed E-state index contributed by atoms with van der Waals surface area (Å²) >= 11 is 0. The van der Waals surface area contributed by atoms with Gasteiger partial charge in [-0.3, -0.25) is 0 Å². The molecule has 1 aromatic carbocycles. The summed E-state index contributed by atoms with van der Waals surface area (Å²) in [6.07, 6.45) is 6.44. The summed E-state index contributed by atoms with van der Waals surface area (Å²) in [7, 11) is 0. The van der Waals surface area contributed by atoms with Crippen molar-refractivity contribution in [2.75, 3.05) is 18.0 Å². The van der Waals surface area contributed by atoms with Crippen LogP contribution in [0.15, 0.2) is 24.3 Å². The van der Waals surface area contributed by atoms with Gasteiger partial charge in [-0.1, -0.05) is 25.3 Å². The Kier molecular flexibility index (Phi) is 3.49. The fourth-order valence-electron chi connectivity index (χ4n) is 4.06. The molecule has 0 atom stereocenters. The van der Waals surface area contributed by atoms with E-state index in [-0.39, 0.29) is 16.9 Å². The topological polar surface area (TPSA) is 15.3 Å². The predicted octanol–water partition coefficient (Wildman–Crippen LogP) is 3.72. The molecule has 1 spiro atoms. The van der Waals surface area contributed by atoms with Crippen LogP contribution in [0.1, 0.15) is 46.0 Å². The van der Waals surface area contributed by atoms with E-state index < -0.39 is 0 Å². The van der Waals surface area contributed by atoms with Gasteiger partial charge in [-0.25, -0.2) is 4.39 Å². The van der Waals surface area contributed by atoms with E-state index in [0.29, 0.717) is 0 Å². The maximum Gasteiger partial charge on any atom is 0.125 e. The third-order valence-corrected chi connectivity index (χ3v) is 4.67. The fourth-order valence-corrected chi connectivity index (χ4v) is 4.06. The quantitative estimate of drug-likeness (QED) is 0.841. The molecule has 110 valence electrons. The first-order chi connectivity index (χ1) is 9.48. The smallest absolute Gasteiger partial charge is 0.125 e. The van der Waals surface area contributed by atoms with E-state index in [0.717, 1.165) is 18.8 Å². The maximum atomic E-state index is 13.5. The molecule has 1 aliphatic heterocycles. The van der Waals surface area contributed by atoms with Gasteiger partial charge in [0.1, 0.15) is 5.82 Å². The van der Waals surface area contributed by atoms with Crippen LogP contribution in [0, 0.1) is 5.82 Å². The molecular formula is C17H25FN2. The highest BCUT2D eigenvalue weighted by Gasteiger charge is 2.43. The van der Waals surface area contributed by atoms with Gasteiger partial charge in [0.2, 0.25) is 0 Å². The van der Waals surface area contributed by atoms with Crippen molar-refractivity contribution in [1.82, 2.24) is 5.32 Å². The first-order valence-electron chi connectivity index (χ1n) is 7.78. The van der Waals surface area contributed by atoms with Gasteiger partial charge in [-0.2, -0.15) is 0 Å². The first kappa shape index (κ1) is 13.9. The number of benzene rings is 1. The molecular weight excluding hydrogens is 251 g/mol. The number of rotatable bonds is 1. The van der Waals surface area contributed by atoms with E-state index in [1.807, 2.05) is 12.1 Å². The van der Waals surface area contributed by atoms with Crippen molar-refractivity contribution in [1.29, 1.82) is 0 Å². The van der Waals surface area contributed by atoms with Crippen molar-refractivity contribution in [3.63, 3.8) is 0 Å². The number of nitrogens with one attached hydrogen (secondary N) is 1. The summed E-state index contributed by atoms with van der Waals surface area (Å²) in [5.74, 6) is -0.142. The summed E-state index contributed by atoms with van der Waals surface area (Å²) in [5.41, 5.74) is 1.30. The molecule has 3 rings (SSSR count). The molecule has 1 saturated heterocycles. The Labute approximate surface area is 121 Å². The Bertz CT molecular complexity index is 478. The van der Waals surface area contributed by atoms with Crippen LogP contribution in [-0.4, -0.2) is 24.2 Å². The van der Waals surface area contributed by atoms with Gasteiger partial charge < -0.3 is 10.2 Å². The third-order valence-electron chi connectivity index (χ3n) is 4.67. The van der Waals surface area contributed by atoms with E-state index in [2.05, 4.69) is 24.1 Å². The number of halogens is 1. The second kappa shape index (κ2) is 5.03. The summed E-state index contributed by atoms with van der Waals surface area (Å²) in [6, 6.07) is 7.03. The van der Waals surface area contributed by atoms with Crippen molar-refractivity contribution in [2.24, 2.45) is 0 Å². The number of piperazine rings is 1. The van der Waals surface area contributed by atoms with Gasteiger partial charge in [0.15, 0.2) is 0 Å². The molecule has 1 saturated carbocycles. The van der Waals surface area contributed by atoms with Gasteiger partial charge in [0, 0.05) is 29.9 Å².